The van der Waals surface area contributed by atoms with Gasteiger partial charge in [-0.05, 0) is 85.1 Å². The summed E-state index contributed by atoms with van der Waals surface area (Å²) in [5.41, 5.74) is 8.60. The molecule has 0 atom stereocenters. The molecule has 4 rings (SSSR count). The van der Waals surface area contributed by atoms with E-state index in [0.717, 1.165) is 11.8 Å². The van der Waals surface area contributed by atoms with Crippen molar-refractivity contribution in [3.05, 3.63) is 95.1 Å². The van der Waals surface area contributed by atoms with Crippen LogP contribution in [0.1, 0.15) is 105 Å². The molecule has 33 heavy (non-hydrogen) atoms. The van der Waals surface area contributed by atoms with Gasteiger partial charge in [-0.15, -0.1) is 0 Å². The fourth-order valence-electron chi connectivity index (χ4n) is 5.52. The lowest BCUT2D eigenvalue weighted by Crippen LogP contribution is -2.12. The van der Waals surface area contributed by atoms with Crippen LogP contribution in [0.5, 0.6) is 0 Å². The normalized spacial score (nSPS) is 18.4. The SMILES string of the molecule is CCCCCCCCc1ccc(-c2ccc(C3CCC(c4ccc(C)cc4)CC3)cc2)cc1. The zero-order chi connectivity index (χ0) is 22.9. The first-order valence-corrected chi connectivity index (χ1v) is 13.5. The monoisotopic (exact) mass is 438 g/mol. The van der Waals surface area contributed by atoms with Crippen molar-refractivity contribution in [3.8, 4) is 11.1 Å². The highest BCUT2D eigenvalue weighted by Gasteiger charge is 2.23. The van der Waals surface area contributed by atoms with Crippen LogP contribution in [-0.4, -0.2) is 0 Å². The standard InChI is InChI=1S/C33H42/c1-3-4-5-6-7-8-9-27-12-16-29(17-13-27)31-20-24-33(25-21-31)32-22-18-30(19-23-32)28-14-10-26(2)11-15-28/h10-17,20-21,24-25,30,32H,3-9,18-19,22-23H2,1-2H3. The van der Waals surface area contributed by atoms with Crippen molar-refractivity contribution in [1.82, 2.24) is 0 Å². The first-order valence-electron chi connectivity index (χ1n) is 13.5. The van der Waals surface area contributed by atoms with E-state index in [4.69, 9.17) is 0 Å². The van der Waals surface area contributed by atoms with E-state index in [2.05, 4.69) is 86.6 Å². The molecule has 1 aliphatic rings. The van der Waals surface area contributed by atoms with Crippen molar-refractivity contribution in [3.63, 3.8) is 0 Å². The van der Waals surface area contributed by atoms with E-state index >= 15 is 0 Å². The molecule has 0 spiro atoms. The minimum atomic E-state index is 0.723. The van der Waals surface area contributed by atoms with Gasteiger partial charge in [-0.3, -0.25) is 0 Å². The summed E-state index contributed by atoms with van der Waals surface area (Å²) in [5.74, 6) is 1.47. The smallest absolute Gasteiger partial charge is 0.0162 e. The largest absolute Gasteiger partial charge is 0.0654 e. The fraction of sp³-hybridized carbons (Fsp3) is 0.455. The summed E-state index contributed by atoms with van der Waals surface area (Å²) < 4.78 is 0. The summed E-state index contributed by atoms with van der Waals surface area (Å²) in [7, 11) is 0. The van der Waals surface area contributed by atoms with Crippen LogP contribution < -0.4 is 0 Å². The molecule has 0 heteroatoms. The third kappa shape index (κ3) is 6.83. The van der Waals surface area contributed by atoms with E-state index in [0.29, 0.717) is 0 Å². The molecule has 0 N–H and O–H groups in total. The predicted molar refractivity (Wildman–Crippen MR) is 144 cm³/mol. The molecule has 174 valence electrons. The van der Waals surface area contributed by atoms with Gasteiger partial charge in [0.1, 0.15) is 0 Å². The topological polar surface area (TPSA) is 0 Å². The molecule has 3 aromatic carbocycles. The second kappa shape index (κ2) is 12.2. The summed E-state index contributed by atoms with van der Waals surface area (Å²) in [5, 5.41) is 0. The van der Waals surface area contributed by atoms with Gasteiger partial charge < -0.3 is 0 Å². The van der Waals surface area contributed by atoms with Crippen molar-refractivity contribution in [2.75, 3.05) is 0 Å². The Bertz CT molecular complexity index is 938. The van der Waals surface area contributed by atoms with Gasteiger partial charge in [0.25, 0.3) is 0 Å². The summed E-state index contributed by atoms with van der Waals surface area (Å²) in [6.45, 7) is 4.46. The number of hydrogen-bond donors (Lipinski definition) is 0. The van der Waals surface area contributed by atoms with Gasteiger partial charge >= 0.3 is 0 Å². The van der Waals surface area contributed by atoms with Crippen molar-refractivity contribution < 1.29 is 0 Å². The zero-order valence-electron chi connectivity index (χ0n) is 20.9. The van der Waals surface area contributed by atoms with Crippen molar-refractivity contribution in [2.24, 2.45) is 0 Å². The average molecular weight is 439 g/mol. The summed E-state index contributed by atoms with van der Waals surface area (Å²) in [6, 6.07) is 28.0. The first-order chi connectivity index (χ1) is 16.2. The van der Waals surface area contributed by atoms with Gasteiger partial charge in [0.05, 0.1) is 0 Å². The van der Waals surface area contributed by atoms with Crippen molar-refractivity contribution >= 4 is 0 Å². The van der Waals surface area contributed by atoms with Crippen LogP contribution in [0.4, 0.5) is 0 Å². The molecular formula is C33H42. The van der Waals surface area contributed by atoms with Crippen molar-refractivity contribution in [2.45, 2.75) is 96.3 Å². The Morgan fingerprint density at radius 1 is 0.545 bits per heavy atom. The van der Waals surface area contributed by atoms with Gasteiger partial charge in [0.2, 0.25) is 0 Å². The Balaban J connectivity index is 1.26. The highest BCUT2D eigenvalue weighted by Crippen LogP contribution is 2.40. The molecule has 0 aromatic heterocycles. The van der Waals surface area contributed by atoms with E-state index < -0.39 is 0 Å². The third-order valence-electron chi connectivity index (χ3n) is 7.76. The minimum Gasteiger partial charge on any atom is -0.0654 e. The molecule has 0 heterocycles. The number of hydrogen-bond acceptors (Lipinski definition) is 0. The van der Waals surface area contributed by atoms with Crippen LogP contribution in [-0.2, 0) is 6.42 Å². The van der Waals surface area contributed by atoms with E-state index in [9.17, 15) is 0 Å². The molecule has 1 aliphatic carbocycles. The van der Waals surface area contributed by atoms with E-state index in [1.807, 2.05) is 0 Å². The van der Waals surface area contributed by atoms with Gasteiger partial charge in [-0.1, -0.05) is 117 Å². The molecule has 0 unspecified atom stereocenters. The highest BCUT2D eigenvalue weighted by molar-refractivity contribution is 5.64. The van der Waals surface area contributed by atoms with Crippen LogP contribution >= 0.6 is 0 Å². The Labute approximate surface area is 202 Å². The molecule has 1 saturated carbocycles. The molecule has 0 nitrogen and oxygen atoms in total. The van der Waals surface area contributed by atoms with E-state index in [1.54, 1.807) is 0 Å². The zero-order valence-corrected chi connectivity index (χ0v) is 20.9. The van der Waals surface area contributed by atoms with Crippen LogP contribution in [0, 0.1) is 6.92 Å². The average Bonchev–Trinajstić information content (AvgIpc) is 2.87. The second-order valence-corrected chi connectivity index (χ2v) is 10.3. The first kappa shape index (κ1) is 23.8. The minimum absolute atomic E-state index is 0.723. The molecule has 0 aliphatic heterocycles. The van der Waals surface area contributed by atoms with Crippen LogP contribution in [0.3, 0.4) is 0 Å². The van der Waals surface area contributed by atoms with E-state index in [-0.39, 0.29) is 0 Å². The molecule has 3 aromatic rings. The fourth-order valence-corrected chi connectivity index (χ4v) is 5.52. The quantitative estimate of drug-likeness (QED) is 0.276. The summed E-state index contributed by atoms with van der Waals surface area (Å²) >= 11 is 0. The number of benzene rings is 3. The maximum absolute atomic E-state index is 2.39. The van der Waals surface area contributed by atoms with Crippen LogP contribution in [0.25, 0.3) is 11.1 Å². The molecule has 0 amide bonds. The van der Waals surface area contributed by atoms with Gasteiger partial charge in [0, 0.05) is 0 Å². The Morgan fingerprint density at radius 3 is 1.55 bits per heavy atom. The molecule has 0 saturated heterocycles. The van der Waals surface area contributed by atoms with Crippen LogP contribution in [0.15, 0.2) is 72.8 Å². The Hall–Kier alpha value is -2.34. The second-order valence-electron chi connectivity index (χ2n) is 10.3. The molecule has 0 bridgehead atoms. The van der Waals surface area contributed by atoms with E-state index in [1.165, 1.54) is 104 Å². The van der Waals surface area contributed by atoms with Gasteiger partial charge in [0.15, 0.2) is 0 Å². The Morgan fingerprint density at radius 2 is 1.00 bits per heavy atom. The summed E-state index contributed by atoms with van der Waals surface area (Å²) in [4.78, 5) is 0. The Kier molecular flexibility index (Phi) is 8.81. The highest BCUT2D eigenvalue weighted by atomic mass is 14.3. The third-order valence-corrected chi connectivity index (χ3v) is 7.76. The summed E-state index contributed by atoms with van der Waals surface area (Å²) in [6.07, 6.45) is 14.7. The molecular weight excluding hydrogens is 396 g/mol. The lowest BCUT2D eigenvalue weighted by atomic mass is 9.76. The lowest BCUT2D eigenvalue weighted by Gasteiger charge is -2.29. The van der Waals surface area contributed by atoms with Crippen LogP contribution in [0.2, 0.25) is 0 Å². The maximum Gasteiger partial charge on any atom is -0.0162 e. The predicted octanol–water partition coefficient (Wildman–Crippen LogP) is 10.0. The molecule has 0 radical (unpaired) electrons. The maximum atomic E-state index is 2.39. The number of rotatable bonds is 10. The molecule has 1 fully saturated rings. The van der Waals surface area contributed by atoms with Crippen molar-refractivity contribution in [1.29, 1.82) is 0 Å². The van der Waals surface area contributed by atoms with Gasteiger partial charge in [-0.2, -0.15) is 0 Å². The lowest BCUT2D eigenvalue weighted by molar-refractivity contribution is 0.396. The number of unbranched alkanes of at least 4 members (excludes halogenated alkanes) is 5. The van der Waals surface area contributed by atoms with Gasteiger partial charge in [-0.25, -0.2) is 0 Å². The number of aryl methyl sites for hydroxylation is 2.